The quantitative estimate of drug-likeness (QED) is 0.345. The third kappa shape index (κ3) is 6.00. The molecule has 1 aromatic carbocycles. The Morgan fingerprint density at radius 1 is 1.16 bits per heavy atom. The molecule has 0 bridgehead atoms. The molecule has 3 aromatic rings. The predicted molar refractivity (Wildman–Crippen MR) is 155 cm³/mol. The monoisotopic (exact) mass is 608 g/mol. The van der Waals surface area contributed by atoms with Crippen molar-refractivity contribution in [3.05, 3.63) is 65.0 Å². The number of amides is 3. The number of hydrogen-bond donors (Lipinski definition) is 3. The van der Waals surface area contributed by atoms with Crippen LogP contribution in [0.25, 0.3) is 0 Å². The fraction of sp³-hybridized carbons (Fsp3) is 0.379. The highest BCUT2D eigenvalue weighted by atomic mass is 32.2. The average Bonchev–Trinajstić information content (AvgIpc) is 3.92. The van der Waals surface area contributed by atoms with Gasteiger partial charge in [0.05, 0.1) is 12.2 Å². The lowest BCUT2D eigenvalue weighted by Gasteiger charge is -2.28. The Morgan fingerprint density at radius 2 is 1.95 bits per heavy atom. The predicted octanol–water partition coefficient (Wildman–Crippen LogP) is 2.81. The van der Waals surface area contributed by atoms with E-state index in [0.717, 1.165) is 31.1 Å². The fourth-order valence-electron chi connectivity index (χ4n) is 5.34. The maximum absolute atomic E-state index is 12.9. The van der Waals surface area contributed by atoms with Gasteiger partial charge in [-0.05, 0) is 41.9 Å². The van der Waals surface area contributed by atoms with Crippen molar-refractivity contribution < 1.29 is 31.7 Å². The Morgan fingerprint density at radius 3 is 2.65 bits per heavy atom. The third-order valence-corrected chi connectivity index (χ3v) is 9.13. The number of carbonyl (C=O) groups excluding carboxylic acids is 3. The lowest BCUT2D eigenvalue weighted by atomic mass is 10.1. The van der Waals surface area contributed by atoms with E-state index in [1.165, 1.54) is 17.0 Å². The number of benzene rings is 1. The van der Waals surface area contributed by atoms with Crippen LogP contribution >= 0.6 is 0 Å². The highest BCUT2D eigenvalue weighted by molar-refractivity contribution is 7.90. The number of sulfone groups is 1. The molecule has 0 unspecified atom stereocenters. The van der Waals surface area contributed by atoms with Crippen LogP contribution < -0.4 is 16.0 Å². The Hall–Kier alpha value is -4.59. The van der Waals surface area contributed by atoms with Crippen LogP contribution in [0.5, 0.6) is 0 Å². The van der Waals surface area contributed by atoms with E-state index in [-0.39, 0.29) is 65.6 Å². The SMILES string of the molecule is [2H]C([2H])([2H])NC(=O)c1nnc(NC(=O)[C@H]2CC23CC3)cc1Nc1nc2c(cc1S(C)(=O)=O)CN(C(=O)OCc1ccccc1)CC2. The smallest absolute Gasteiger partial charge is 0.410 e. The second-order valence-corrected chi connectivity index (χ2v) is 13.1. The van der Waals surface area contributed by atoms with E-state index >= 15 is 0 Å². The molecule has 6 rings (SSSR count). The lowest BCUT2D eigenvalue weighted by molar-refractivity contribution is -0.117. The molecule has 2 aromatic heterocycles. The van der Waals surface area contributed by atoms with E-state index in [2.05, 4.69) is 25.8 Å². The first-order chi connectivity index (χ1) is 21.7. The summed E-state index contributed by atoms with van der Waals surface area (Å²) in [5.74, 6) is -1.64. The molecule has 3 aliphatic rings. The van der Waals surface area contributed by atoms with Gasteiger partial charge in [0.1, 0.15) is 17.3 Å². The number of pyridine rings is 1. The molecule has 14 heteroatoms. The molecule has 3 heterocycles. The van der Waals surface area contributed by atoms with E-state index in [0.29, 0.717) is 11.3 Å². The van der Waals surface area contributed by atoms with Gasteiger partial charge in [0, 0.05) is 48.0 Å². The van der Waals surface area contributed by atoms with Gasteiger partial charge < -0.3 is 25.6 Å². The van der Waals surface area contributed by atoms with Crippen LogP contribution in [-0.2, 0) is 38.9 Å². The largest absolute Gasteiger partial charge is 0.445 e. The molecule has 3 amide bonds. The first-order valence-electron chi connectivity index (χ1n) is 15.2. The number of aromatic nitrogens is 3. The summed E-state index contributed by atoms with van der Waals surface area (Å²) < 4.78 is 53.6. The summed E-state index contributed by atoms with van der Waals surface area (Å²) in [7, 11) is -3.93. The minimum Gasteiger partial charge on any atom is -0.445 e. The summed E-state index contributed by atoms with van der Waals surface area (Å²) in [6.45, 7) is -2.45. The molecule has 1 spiro atoms. The fourth-order valence-corrected chi connectivity index (χ4v) is 6.14. The molecule has 1 atom stereocenters. The molecule has 0 saturated heterocycles. The summed E-state index contributed by atoms with van der Waals surface area (Å²) in [5.41, 5.74) is 1.32. The minimum absolute atomic E-state index is 0.0100. The van der Waals surface area contributed by atoms with Crippen LogP contribution in [0.2, 0.25) is 0 Å². The van der Waals surface area contributed by atoms with E-state index < -0.39 is 34.5 Å². The van der Waals surface area contributed by atoms with Gasteiger partial charge in [-0.2, -0.15) is 0 Å². The summed E-state index contributed by atoms with van der Waals surface area (Å²) in [4.78, 5) is 44.2. The topological polar surface area (TPSA) is 173 Å². The normalized spacial score (nSPS) is 19.2. The summed E-state index contributed by atoms with van der Waals surface area (Å²) >= 11 is 0. The lowest BCUT2D eigenvalue weighted by Crippen LogP contribution is -2.37. The van der Waals surface area contributed by atoms with Gasteiger partial charge in [0.2, 0.25) is 5.91 Å². The zero-order valence-electron chi connectivity index (χ0n) is 26.2. The van der Waals surface area contributed by atoms with Crippen LogP contribution in [0.1, 0.15) is 50.7 Å². The van der Waals surface area contributed by atoms with Crippen molar-refractivity contribution in [3.8, 4) is 0 Å². The Kier molecular flexibility index (Phi) is 6.33. The number of carbonyl (C=O) groups is 3. The van der Waals surface area contributed by atoms with Gasteiger partial charge in [-0.15, -0.1) is 10.2 Å². The number of hydrogen-bond acceptors (Lipinski definition) is 10. The highest BCUT2D eigenvalue weighted by Crippen LogP contribution is 2.70. The van der Waals surface area contributed by atoms with E-state index in [1.807, 2.05) is 35.6 Å². The summed E-state index contributed by atoms with van der Waals surface area (Å²) in [6, 6.07) is 11.9. The standard InChI is InChI=1S/C29H31N7O6S/c1-30-27(38)24-21(13-23(34-35-24)33-26(37)19-14-29(19)9-10-29)32-25-22(43(2,40)41)12-18-15-36(11-8-20(18)31-25)28(39)42-16-17-6-4-3-5-7-17/h3-7,12-13,19H,8-11,14-16H2,1-2H3,(H,30,38)(H2,31,32,33,34,37)/t19-/m1/s1/i1D3. The van der Waals surface area contributed by atoms with Crippen LogP contribution in [0.4, 0.5) is 22.1 Å². The van der Waals surface area contributed by atoms with Crippen LogP contribution in [-0.4, -0.2) is 66.2 Å². The van der Waals surface area contributed by atoms with Crippen LogP contribution in [0, 0.1) is 11.3 Å². The average molecular weight is 609 g/mol. The molecule has 2 aliphatic carbocycles. The molecule has 43 heavy (non-hydrogen) atoms. The van der Waals surface area contributed by atoms with Crippen molar-refractivity contribution in [1.82, 2.24) is 25.4 Å². The maximum Gasteiger partial charge on any atom is 0.410 e. The zero-order valence-corrected chi connectivity index (χ0v) is 24.0. The number of nitrogens with one attached hydrogen (secondary N) is 3. The number of anilines is 3. The number of ether oxygens (including phenoxy) is 1. The number of fused-ring (bicyclic) bond motifs is 1. The molecular weight excluding hydrogens is 574 g/mol. The first kappa shape index (κ1) is 25.0. The van der Waals surface area contributed by atoms with Gasteiger partial charge in [-0.3, -0.25) is 9.59 Å². The van der Waals surface area contributed by atoms with Crippen molar-refractivity contribution in [3.63, 3.8) is 0 Å². The molecule has 2 fully saturated rings. The molecule has 224 valence electrons. The molecular formula is C29H31N7O6S. The maximum atomic E-state index is 12.9. The van der Waals surface area contributed by atoms with Crippen molar-refractivity contribution in [2.45, 2.75) is 43.7 Å². The van der Waals surface area contributed by atoms with Crippen molar-refractivity contribution in [2.24, 2.45) is 11.3 Å². The van der Waals surface area contributed by atoms with Gasteiger partial charge >= 0.3 is 6.09 Å². The van der Waals surface area contributed by atoms with E-state index in [4.69, 9.17) is 8.85 Å². The highest BCUT2D eigenvalue weighted by Gasteiger charge is 2.65. The van der Waals surface area contributed by atoms with Crippen molar-refractivity contribution >= 4 is 45.1 Å². The molecule has 3 N–H and O–H groups in total. The second kappa shape index (κ2) is 10.9. The van der Waals surface area contributed by atoms with Gasteiger partial charge in [-0.25, -0.2) is 18.2 Å². The molecule has 13 nitrogen and oxygen atoms in total. The Labute approximate surface area is 252 Å². The van der Waals surface area contributed by atoms with E-state index in [9.17, 15) is 22.8 Å². The summed E-state index contributed by atoms with van der Waals surface area (Å²) in [6.07, 6.45) is 3.47. The second-order valence-electron chi connectivity index (χ2n) is 11.1. The van der Waals surface area contributed by atoms with E-state index in [1.54, 1.807) is 0 Å². The number of rotatable bonds is 8. The first-order valence-corrected chi connectivity index (χ1v) is 15.6. The molecule has 0 radical (unpaired) electrons. The Bertz CT molecular complexity index is 1830. The van der Waals surface area contributed by atoms with Gasteiger partial charge in [-0.1, -0.05) is 30.3 Å². The van der Waals surface area contributed by atoms with Crippen molar-refractivity contribution in [1.29, 1.82) is 0 Å². The third-order valence-electron chi connectivity index (χ3n) is 8.02. The van der Waals surface area contributed by atoms with Crippen LogP contribution in [0.15, 0.2) is 47.4 Å². The zero-order chi connectivity index (χ0) is 32.9. The Balaban J connectivity index is 1.27. The molecule has 2 saturated carbocycles. The summed E-state index contributed by atoms with van der Waals surface area (Å²) in [5, 5.41) is 15.1. The number of nitrogens with zero attached hydrogens (tertiary/aromatic N) is 4. The van der Waals surface area contributed by atoms with Gasteiger partial charge in [0.25, 0.3) is 5.91 Å². The molecule has 1 aliphatic heterocycles. The van der Waals surface area contributed by atoms with Crippen LogP contribution in [0.3, 0.4) is 0 Å². The van der Waals surface area contributed by atoms with Gasteiger partial charge in [0.15, 0.2) is 21.3 Å². The minimum atomic E-state index is -3.93. The van der Waals surface area contributed by atoms with Crippen molar-refractivity contribution in [2.75, 3.05) is 30.4 Å².